The van der Waals surface area contributed by atoms with Gasteiger partial charge < -0.3 is 9.47 Å². The number of hydrogen-bond donors (Lipinski definition) is 0. The van der Waals surface area contributed by atoms with Crippen LogP contribution >= 0.6 is 0 Å². The normalized spacial score (nSPS) is 11.2. The summed E-state index contributed by atoms with van der Waals surface area (Å²) in [6, 6.07) is 24.0. The van der Waals surface area contributed by atoms with Gasteiger partial charge in [-0.1, -0.05) is 42.5 Å². The first-order chi connectivity index (χ1) is 13.9. The highest BCUT2D eigenvalue weighted by Gasteiger charge is 2.07. The van der Waals surface area contributed by atoms with Crippen LogP contribution in [0.2, 0.25) is 0 Å². The zero-order chi connectivity index (χ0) is 20.7. The number of rotatable bonds is 9. The second-order valence-corrected chi connectivity index (χ2v) is 9.37. The lowest BCUT2D eigenvalue weighted by molar-refractivity contribution is 0.306. The van der Waals surface area contributed by atoms with Crippen molar-refractivity contribution in [3.8, 4) is 22.6 Å². The Morgan fingerprint density at radius 2 is 1.62 bits per heavy atom. The second-order valence-electron chi connectivity index (χ2n) is 7.11. The molecular weight excluding hydrogens is 384 g/mol. The molecule has 3 rings (SSSR count). The molecule has 0 aliphatic heterocycles. The van der Waals surface area contributed by atoms with Crippen molar-refractivity contribution >= 4 is 9.84 Å². The molecule has 0 aliphatic carbocycles. The number of benzene rings is 3. The first-order valence-electron chi connectivity index (χ1n) is 9.59. The van der Waals surface area contributed by atoms with E-state index in [-0.39, 0.29) is 5.75 Å². The van der Waals surface area contributed by atoms with Gasteiger partial charge in [0.1, 0.15) is 27.9 Å². The maximum atomic E-state index is 11.2. The number of ether oxygens (including phenoxy) is 2. The summed E-state index contributed by atoms with van der Waals surface area (Å²) < 4.78 is 33.9. The van der Waals surface area contributed by atoms with Gasteiger partial charge in [0.25, 0.3) is 0 Å². The van der Waals surface area contributed by atoms with Crippen LogP contribution in [-0.4, -0.2) is 27.0 Å². The van der Waals surface area contributed by atoms with Crippen LogP contribution in [0.1, 0.15) is 17.5 Å². The van der Waals surface area contributed by atoms with E-state index in [4.69, 9.17) is 9.47 Å². The van der Waals surface area contributed by atoms with E-state index in [1.165, 1.54) is 6.26 Å². The third-order valence-corrected chi connectivity index (χ3v) is 5.54. The van der Waals surface area contributed by atoms with Crippen LogP contribution in [0.3, 0.4) is 0 Å². The molecule has 5 heteroatoms. The highest BCUT2D eigenvalue weighted by Crippen LogP contribution is 2.28. The average Bonchev–Trinajstić information content (AvgIpc) is 2.70. The van der Waals surface area contributed by atoms with Gasteiger partial charge in [0.15, 0.2) is 0 Å². The first kappa shape index (κ1) is 20.9. The van der Waals surface area contributed by atoms with E-state index in [1.807, 2.05) is 61.5 Å². The van der Waals surface area contributed by atoms with E-state index in [1.54, 1.807) is 0 Å². The summed E-state index contributed by atoms with van der Waals surface area (Å²) in [6.07, 6.45) is 1.73. The Kier molecular flexibility index (Phi) is 6.94. The fourth-order valence-electron chi connectivity index (χ4n) is 3.07. The minimum Gasteiger partial charge on any atom is -0.494 e. The van der Waals surface area contributed by atoms with Crippen molar-refractivity contribution in [1.29, 1.82) is 0 Å². The Morgan fingerprint density at radius 1 is 0.828 bits per heavy atom. The molecule has 0 saturated carbocycles. The van der Waals surface area contributed by atoms with Crippen molar-refractivity contribution in [3.63, 3.8) is 0 Å². The topological polar surface area (TPSA) is 52.6 Å². The van der Waals surface area contributed by atoms with Gasteiger partial charge in [-0.25, -0.2) is 8.42 Å². The van der Waals surface area contributed by atoms with E-state index >= 15 is 0 Å². The van der Waals surface area contributed by atoms with Crippen molar-refractivity contribution in [2.75, 3.05) is 18.6 Å². The lowest BCUT2D eigenvalue weighted by Gasteiger charge is -2.12. The highest BCUT2D eigenvalue weighted by atomic mass is 32.2. The van der Waals surface area contributed by atoms with E-state index in [0.717, 1.165) is 33.8 Å². The second kappa shape index (κ2) is 9.61. The molecule has 0 spiro atoms. The maximum absolute atomic E-state index is 11.2. The molecule has 3 aromatic carbocycles. The zero-order valence-corrected chi connectivity index (χ0v) is 17.6. The van der Waals surface area contributed by atoms with Gasteiger partial charge >= 0.3 is 0 Å². The maximum Gasteiger partial charge on any atom is 0.147 e. The van der Waals surface area contributed by atoms with Crippen LogP contribution < -0.4 is 9.47 Å². The SMILES string of the molecule is Cc1cc(OCCCS(C)(=O)=O)ccc1-c1cccc(COc2ccccc2)c1. The fourth-order valence-corrected chi connectivity index (χ4v) is 3.72. The Labute approximate surface area is 173 Å². The molecule has 0 N–H and O–H groups in total. The fraction of sp³-hybridized carbons (Fsp3) is 0.250. The number of para-hydroxylation sites is 1. The number of hydrogen-bond acceptors (Lipinski definition) is 4. The Hall–Kier alpha value is -2.79. The van der Waals surface area contributed by atoms with Gasteiger partial charge in [0.05, 0.1) is 12.4 Å². The van der Waals surface area contributed by atoms with E-state index in [9.17, 15) is 8.42 Å². The van der Waals surface area contributed by atoms with Gasteiger partial charge in [-0.05, 0) is 65.9 Å². The van der Waals surface area contributed by atoms with Crippen LogP contribution in [0.15, 0.2) is 72.8 Å². The Balaban J connectivity index is 1.64. The summed E-state index contributed by atoms with van der Waals surface area (Å²) >= 11 is 0. The average molecular weight is 411 g/mol. The summed E-state index contributed by atoms with van der Waals surface area (Å²) in [4.78, 5) is 0. The molecule has 0 unspecified atom stereocenters. The molecule has 152 valence electrons. The van der Waals surface area contributed by atoms with Crippen molar-refractivity contribution in [3.05, 3.63) is 83.9 Å². The predicted octanol–water partition coefficient (Wildman–Crippen LogP) is 5.05. The summed E-state index contributed by atoms with van der Waals surface area (Å²) in [5.41, 5.74) is 4.47. The third-order valence-electron chi connectivity index (χ3n) is 4.51. The molecule has 0 heterocycles. The third kappa shape index (κ3) is 6.64. The van der Waals surface area contributed by atoms with Gasteiger partial charge in [0, 0.05) is 6.26 Å². The van der Waals surface area contributed by atoms with Crippen molar-refractivity contribution in [2.45, 2.75) is 20.0 Å². The van der Waals surface area contributed by atoms with Gasteiger partial charge in [-0.3, -0.25) is 0 Å². The number of sulfone groups is 1. The zero-order valence-electron chi connectivity index (χ0n) is 16.8. The van der Waals surface area contributed by atoms with Crippen molar-refractivity contribution in [2.24, 2.45) is 0 Å². The molecule has 0 aliphatic rings. The molecule has 0 saturated heterocycles. The molecule has 0 amide bonds. The lowest BCUT2D eigenvalue weighted by atomic mass is 9.99. The largest absolute Gasteiger partial charge is 0.494 e. The number of aryl methyl sites for hydroxylation is 1. The standard InChI is InChI=1S/C24H26O4S/c1-19-16-23(27-14-7-15-29(2,25)26)12-13-24(19)21-9-6-8-20(17-21)18-28-22-10-4-3-5-11-22/h3-6,8-13,16-17H,7,14-15,18H2,1-2H3. The molecule has 4 nitrogen and oxygen atoms in total. The van der Waals surface area contributed by atoms with Crippen LogP contribution in [-0.2, 0) is 16.4 Å². The Morgan fingerprint density at radius 3 is 2.34 bits per heavy atom. The van der Waals surface area contributed by atoms with Crippen LogP contribution in [0, 0.1) is 6.92 Å². The first-order valence-corrected chi connectivity index (χ1v) is 11.7. The van der Waals surface area contributed by atoms with E-state index in [0.29, 0.717) is 19.6 Å². The minimum absolute atomic E-state index is 0.141. The Bertz CT molecular complexity index is 1040. The van der Waals surface area contributed by atoms with Gasteiger partial charge in [0.2, 0.25) is 0 Å². The predicted molar refractivity (Wildman–Crippen MR) is 117 cm³/mol. The monoisotopic (exact) mass is 410 g/mol. The van der Waals surface area contributed by atoms with Gasteiger partial charge in [-0.2, -0.15) is 0 Å². The molecule has 0 aromatic heterocycles. The molecule has 3 aromatic rings. The van der Waals surface area contributed by atoms with Crippen LogP contribution in [0.5, 0.6) is 11.5 Å². The molecule has 0 atom stereocenters. The smallest absolute Gasteiger partial charge is 0.147 e. The highest BCUT2D eigenvalue weighted by molar-refractivity contribution is 7.90. The van der Waals surface area contributed by atoms with E-state index in [2.05, 4.69) is 18.2 Å². The summed E-state index contributed by atoms with van der Waals surface area (Å²) in [5, 5.41) is 0. The quantitative estimate of drug-likeness (QED) is 0.463. The molecule has 0 radical (unpaired) electrons. The lowest BCUT2D eigenvalue weighted by Crippen LogP contribution is -2.08. The van der Waals surface area contributed by atoms with Crippen molar-refractivity contribution < 1.29 is 17.9 Å². The molecule has 0 fully saturated rings. The molecule has 29 heavy (non-hydrogen) atoms. The van der Waals surface area contributed by atoms with Crippen molar-refractivity contribution in [1.82, 2.24) is 0 Å². The summed E-state index contributed by atoms with van der Waals surface area (Å²) in [6.45, 7) is 2.95. The van der Waals surface area contributed by atoms with Crippen LogP contribution in [0.25, 0.3) is 11.1 Å². The van der Waals surface area contributed by atoms with E-state index < -0.39 is 9.84 Å². The van der Waals surface area contributed by atoms with Crippen LogP contribution in [0.4, 0.5) is 0 Å². The minimum atomic E-state index is -2.95. The molecular formula is C24H26O4S. The summed E-state index contributed by atoms with van der Waals surface area (Å²) in [7, 11) is -2.95. The molecule has 0 bridgehead atoms. The van der Waals surface area contributed by atoms with Gasteiger partial charge in [-0.15, -0.1) is 0 Å². The summed E-state index contributed by atoms with van der Waals surface area (Å²) in [5.74, 6) is 1.75.